The number of aromatic nitrogens is 2. The van der Waals surface area contributed by atoms with E-state index in [4.69, 9.17) is 23.2 Å². The molecule has 26 heavy (non-hydrogen) atoms. The number of halogens is 2. The Hall–Kier alpha value is -1.07. The van der Waals surface area contributed by atoms with Crippen LogP contribution in [0, 0.1) is 0 Å². The van der Waals surface area contributed by atoms with E-state index >= 15 is 0 Å². The first-order valence-corrected chi connectivity index (χ1v) is 11.9. The predicted octanol–water partition coefficient (Wildman–Crippen LogP) is 3.75. The molecule has 1 N–H and O–H groups in total. The molecule has 0 saturated heterocycles. The van der Waals surface area contributed by atoms with Gasteiger partial charge in [0.15, 0.2) is 4.34 Å². The molecule has 142 valence electrons. The number of nitrogens with one attached hydrogen (secondary N) is 1. The average Bonchev–Trinajstić information content (AvgIpc) is 3.01. The number of hydrogen-bond acceptors (Lipinski definition) is 7. The second-order valence-electron chi connectivity index (χ2n) is 5.15. The van der Waals surface area contributed by atoms with E-state index < -0.39 is 22.0 Å². The summed E-state index contributed by atoms with van der Waals surface area (Å²) in [5.41, 5.74) is 0.144. The van der Waals surface area contributed by atoms with Gasteiger partial charge in [-0.3, -0.25) is 14.4 Å². The molecule has 1 aromatic carbocycles. The maximum atomic E-state index is 12.7. The average molecular weight is 455 g/mol. The molecule has 0 aliphatic heterocycles. The summed E-state index contributed by atoms with van der Waals surface area (Å²) in [6.45, 7) is 1.70. The zero-order valence-corrected chi connectivity index (χ0v) is 18.0. The Morgan fingerprint density at radius 3 is 2.62 bits per heavy atom. The molecule has 2 aromatic rings. The summed E-state index contributed by atoms with van der Waals surface area (Å²) in [4.78, 5) is 12.7. The Morgan fingerprint density at radius 1 is 1.38 bits per heavy atom. The van der Waals surface area contributed by atoms with Crippen LogP contribution in [0.5, 0.6) is 0 Å². The zero-order chi connectivity index (χ0) is 19.5. The van der Waals surface area contributed by atoms with Gasteiger partial charge in [-0.2, -0.15) is 0 Å². The van der Waals surface area contributed by atoms with Crippen LogP contribution in [-0.4, -0.2) is 43.1 Å². The molecule has 0 aliphatic carbocycles. The van der Waals surface area contributed by atoms with Crippen molar-refractivity contribution in [2.45, 2.75) is 23.7 Å². The predicted molar refractivity (Wildman–Crippen MR) is 108 cm³/mol. The van der Waals surface area contributed by atoms with Crippen molar-refractivity contribution in [3.05, 3.63) is 28.2 Å². The van der Waals surface area contributed by atoms with Gasteiger partial charge in [-0.05, 0) is 30.9 Å². The largest absolute Gasteiger partial charge is 0.299 e. The molecule has 7 nitrogen and oxygen atoms in total. The Bertz CT molecular complexity index is 905. The summed E-state index contributed by atoms with van der Waals surface area (Å²) in [5, 5.41) is 11.2. The summed E-state index contributed by atoms with van der Waals surface area (Å²) in [6, 6.07) is 3.41. The molecule has 1 heterocycles. The van der Waals surface area contributed by atoms with E-state index in [1.54, 1.807) is 13.0 Å². The Labute approximate surface area is 170 Å². The molecule has 12 heteroatoms. The number of sulfonamides is 1. The number of carbonyl (C=O) groups is 1. The lowest BCUT2D eigenvalue weighted by Crippen LogP contribution is -2.47. The molecule has 1 amide bonds. The molecule has 0 saturated carbocycles. The van der Waals surface area contributed by atoms with Crippen LogP contribution in [0.4, 0.5) is 10.8 Å². The lowest BCUT2D eigenvalue weighted by Gasteiger charge is -2.30. The fourth-order valence-corrected chi connectivity index (χ4v) is 5.03. The van der Waals surface area contributed by atoms with E-state index in [1.165, 1.54) is 35.2 Å². The lowest BCUT2D eigenvalue weighted by molar-refractivity contribution is -0.117. The van der Waals surface area contributed by atoms with Crippen molar-refractivity contribution in [1.82, 2.24) is 10.2 Å². The fraction of sp³-hybridized carbons (Fsp3) is 0.357. The summed E-state index contributed by atoms with van der Waals surface area (Å²) < 4.78 is 26.5. The second kappa shape index (κ2) is 8.75. The van der Waals surface area contributed by atoms with Crippen molar-refractivity contribution in [1.29, 1.82) is 0 Å². The number of anilines is 2. The van der Waals surface area contributed by atoms with Gasteiger partial charge < -0.3 is 0 Å². The van der Waals surface area contributed by atoms with Gasteiger partial charge in [0.2, 0.25) is 21.1 Å². The number of carbonyl (C=O) groups excluding carboxylic acids is 1. The van der Waals surface area contributed by atoms with E-state index in [1.807, 2.05) is 6.26 Å². The van der Waals surface area contributed by atoms with Crippen LogP contribution in [0.2, 0.25) is 10.0 Å². The molecule has 0 fully saturated rings. The van der Waals surface area contributed by atoms with Crippen LogP contribution in [0.25, 0.3) is 0 Å². The van der Waals surface area contributed by atoms with Gasteiger partial charge in [0.25, 0.3) is 0 Å². The van der Waals surface area contributed by atoms with Crippen molar-refractivity contribution in [3.8, 4) is 0 Å². The van der Waals surface area contributed by atoms with Crippen molar-refractivity contribution < 1.29 is 13.2 Å². The van der Waals surface area contributed by atoms with Crippen molar-refractivity contribution in [2.24, 2.45) is 0 Å². The minimum atomic E-state index is -3.81. The van der Waals surface area contributed by atoms with E-state index in [2.05, 4.69) is 15.5 Å². The number of amides is 1. The summed E-state index contributed by atoms with van der Waals surface area (Å²) >= 11 is 14.8. The first-order valence-electron chi connectivity index (χ1n) is 7.30. The highest BCUT2D eigenvalue weighted by Crippen LogP contribution is 2.33. The Morgan fingerprint density at radius 2 is 2.08 bits per heavy atom. The molecule has 0 unspecified atom stereocenters. The molecule has 0 spiro atoms. The molecule has 0 radical (unpaired) electrons. The van der Waals surface area contributed by atoms with Gasteiger partial charge in [-0.15, -0.1) is 10.2 Å². The lowest BCUT2D eigenvalue weighted by atomic mass is 10.2. The monoisotopic (exact) mass is 454 g/mol. The van der Waals surface area contributed by atoms with Crippen LogP contribution in [0.1, 0.15) is 13.3 Å². The highest BCUT2D eigenvalue weighted by molar-refractivity contribution is 8.00. The third-order valence-corrected chi connectivity index (χ3v) is 6.82. The van der Waals surface area contributed by atoms with Crippen LogP contribution in [0.3, 0.4) is 0 Å². The number of nitrogens with zero attached hydrogens (tertiary/aromatic N) is 3. The van der Waals surface area contributed by atoms with Crippen LogP contribution in [-0.2, 0) is 14.8 Å². The van der Waals surface area contributed by atoms with Gasteiger partial charge in [0.05, 0.1) is 17.0 Å². The number of thioether (sulfide) groups is 1. The summed E-state index contributed by atoms with van der Waals surface area (Å²) in [5.74, 6) is -0.530. The van der Waals surface area contributed by atoms with Gasteiger partial charge in [0.1, 0.15) is 6.04 Å². The SMILES string of the molecule is CC[C@@H](C(=O)Nc1nnc(SC)s1)N(c1cc(Cl)ccc1Cl)S(C)(=O)=O. The van der Waals surface area contributed by atoms with Crippen molar-refractivity contribution >= 4 is 73.0 Å². The maximum Gasteiger partial charge on any atom is 0.250 e. The fourth-order valence-electron chi connectivity index (χ4n) is 2.22. The van der Waals surface area contributed by atoms with E-state index in [0.717, 1.165) is 10.6 Å². The maximum absolute atomic E-state index is 12.7. The van der Waals surface area contributed by atoms with Gasteiger partial charge >= 0.3 is 0 Å². The van der Waals surface area contributed by atoms with Crippen LogP contribution in [0.15, 0.2) is 22.5 Å². The molecular weight excluding hydrogens is 439 g/mol. The van der Waals surface area contributed by atoms with Gasteiger partial charge in [-0.1, -0.05) is 53.2 Å². The molecule has 0 bridgehead atoms. The van der Waals surface area contributed by atoms with E-state index in [0.29, 0.717) is 14.5 Å². The topological polar surface area (TPSA) is 92.3 Å². The quantitative estimate of drug-likeness (QED) is 0.505. The molecule has 0 aliphatic rings. The second-order valence-corrected chi connectivity index (χ2v) is 9.88. The Kier molecular flexibility index (Phi) is 7.14. The first kappa shape index (κ1) is 21.2. The summed E-state index contributed by atoms with van der Waals surface area (Å²) in [6.07, 6.45) is 3.07. The first-order chi connectivity index (χ1) is 12.2. The molecule has 2 rings (SSSR count). The third kappa shape index (κ3) is 5.01. The standard InChI is InChI=1S/C14H16Cl2N4O3S3/c1-4-10(12(21)17-13-18-19-14(24-2)25-13)20(26(3,22)23)11-7-8(15)5-6-9(11)16/h5-7,10H,4H2,1-3H3,(H,17,18,21)/t10-/m0/s1. The van der Waals surface area contributed by atoms with Crippen molar-refractivity contribution in [3.63, 3.8) is 0 Å². The normalized spacial score (nSPS) is 12.7. The highest BCUT2D eigenvalue weighted by atomic mass is 35.5. The third-order valence-electron chi connectivity index (χ3n) is 3.29. The number of benzene rings is 1. The van der Waals surface area contributed by atoms with Gasteiger partial charge in [-0.25, -0.2) is 8.42 Å². The van der Waals surface area contributed by atoms with Crippen molar-refractivity contribution in [2.75, 3.05) is 22.1 Å². The number of rotatable bonds is 7. The van der Waals surface area contributed by atoms with Crippen LogP contribution < -0.4 is 9.62 Å². The Balaban J connectivity index is 2.41. The molecule has 1 atom stereocenters. The molecule has 1 aromatic heterocycles. The summed E-state index contributed by atoms with van der Waals surface area (Å²) in [7, 11) is -3.81. The van der Waals surface area contributed by atoms with E-state index in [9.17, 15) is 13.2 Å². The van der Waals surface area contributed by atoms with Crippen LogP contribution >= 0.6 is 46.3 Å². The zero-order valence-electron chi connectivity index (χ0n) is 14.1. The molecular formula is C14H16Cl2N4O3S3. The highest BCUT2D eigenvalue weighted by Gasteiger charge is 2.33. The number of hydrogen-bond donors (Lipinski definition) is 1. The minimum Gasteiger partial charge on any atom is -0.299 e. The smallest absolute Gasteiger partial charge is 0.250 e. The minimum absolute atomic E-state index is 0.144. The van der Waals surface area contributed by atoms with E-state index in [-0.39, 0.29) is 17.1 Å². The van der Waals surface area contributed by atoms with Gasteiger partial charge in [0, 0.05) is 5.02 Å².